The van der Waals surface area contributed by atoms with Gasteiger partial charge in [-0.1, -0.05) is 36.4 Å². The van der Waals surface area contributed by atoms with E-state index in [1.165, 1.54) is 0 Å². The van der Waals surface area contributed by atoms with Crippen LogP contribution in [0.2, 0.25) is 0 Å². The van der Waals surface area contributed by atoms with Gasteiger partial charge in [0.25, 0.3) is 0 Å². The average molecular weight is 311 g/mol. The van der Waals surface area contributed by atoms with Crippen LogP contribution < -0.4 is 5.32 Å². The van der Waals surface area contributed by atoms with Gasteiger partial charge in [0.2, 0.25) is 5.91 Å². The van der Waals surface area contributed by atoms with Crippen molar-refractivity contribution in [3.05, 3.63) is 70.6 Å². The Morgan fingerprint density at radius 2 is 1.91 bits per heavy atom. The Hall–Kier alpha value is -2.33. The molecule has 22 heavy (non-hydrogen) atoms. The van der Waals surface area contributed by atoms with Gasteiger partial charge in [-0.2, -0.15) is 0 Å². The Bertz CT molecular complexity index is 717. The number of benzene rings is 1. The van der Waals surface area contributed by atoms with Gasteiger partial charge in [0.15, 0.2) is 0 Å². The van der Waals surface area contributed by atoms with Crippen LogP contribution in [0, 0.1) is 0 Å². The van der Waals surface area contributed by atoms with E-state index in [0.29, 0.717) is 19.4 Å². The summed E-state index contributed by atoms with van der Waals surface area (Å²) in [5.74, 6) is 1.73. The van der Waals surface area contributed by atoms with Crippen molar-refractivity contribution in [2.24, 2.45) is 0 Å². The SMILES string of the molecule is O=C(CCc1ccc(-c2ccccc2)o1)NCc1cccs1. The third-order valence-electron chi connectivity index (χ3n) is 3.36. The molecule has 1 N–H and O–H groups in total. The molecule has 3 rings (SSSR count). The van der Waals surface area contributed by atoms with E-state index < -0.39 is 0 Å². The average Bonchev–Trinajstić information content (AvgIpc) is 3.23. The minimum Gasteiger partial charge on any atom is -0.461 e. The van der Waals surface area contributed by atoms with Gasteiger partial charge in [-0.05, 0) is 23.6 Å². The number of furan rings is 1. The van der Waals surface area contributed by atoms with Crippen molar-refractivity contribution in [3.8, 4) is 11.3 Å². The zero-order chi connectivity index (χ0) is 15.2. The van der Waals surface area contributed by atoms with E-state index in [0.717, 1.165) is 22.0 Å². The van der Waals surface area contributed by atoms with E-state index in [1.807, 2.05) is 60.0 Å². The van der Waals surface area contributed by atoms with Gasteiger partial charge in [-0.15, -0.1) is 11.3 Å². The van der Waals surface area contributed by atoms with Gasteiger partial charge in [0.05, 0.1) is 6.54 Å². The first-order valence-electron chi connectivity index (χ1n) is 7.24. The predicted octanol–water partition coefficient (Wildman–Crippen LogP) is 4.26. The number of carbonyl (C=O) groups excluding carboxylic acids is 1. The molecule has 0 aliphatic carbocycles. The normalized spacial score (nSPS) is 10.5. The summed E-state index contributed by atoms with van der Waals surface area (Å²) in [4.78, 5) is 13.0. The molecule has 0 aliphatic rings. The minimum atomic E-state index is 0.0473. The lowest BCUT2D eigenvalue weighted by Gasteiger charge is -2.02. The molecule has 0 fully saturated rings. The summed E-state index contributed by atoms with van der Waals surface area (Å²) < 4.78 is 5.79. The third kappa shape index (κ3) is 3.86. The van der Waals surface area contributed by atoms with Crippen LogP contribution >= 0.6 is 11.3 Å². The van der Waals surface area contributed by atoms with Crippen LogP contribution in [0.3, 0.4) is 0 Å². The monoisotopic (exact) mass is 311 g/mol. The summed E-state index contributed by atoms with van der Waals surface area (Å²) in [5, 5.41) is 4.93. The Morgan fingerprint density at radius 1 is 1.05 bits per heavy atom. The maximum Gasteiger partial charge on any atom is 0.220 e. The van der Waals surface area contributed by atoms with Gasteiger partial charge in [-0.25, -0.2) is 0 Å². The number of thiophene rings is 1. The van der Waals surface area contributed by atoms with Crippen molar-refractivity contribution in [1.29, 1.82) is 0 Å². The standard InChI is InChI=1S/C18H17NO2S/c20-18(19-13-16-7-4-12-22-16)11-9-15-8-10-17(21-15)14-5-2-1-3-6-14/h1-8,10,12H,9,11,13H2,(H,19,20). The number of rotatable bonds is 6. The highest BCUT2D eigenvalue weighted by Gasteiger charge is 2.07. The molecule has 0 saturated carbocycles. The molecule has 2 aromatic heterocycles. The van der Waals surface area contributed by atoms with Crippen LogP contribution in [0.5, 0.6) is 0 Å². The third-order valence-corrected chi connectivity index (χ3v) is 4.23. The maximum absolute atomic E-state index is 11.8. The summed E-state index contributed by atoms with van der Waals surface area (Å²) in [6.45, 7) is 0.601. The van der Waals surface area contributed by atoms with Crippen molar-refractivity contribution in [2.45, 2.75) is 19.4 Å². The first kappa shape index (κ1) is 14.6. The highest BCUT2D eigenvalue weighted by atomic mass is 32.1. The predicted molar refractivity (Wildman–Crippen MR) is 88.6 cm³/mol. The van der Waals surface area contributed by atoms with Gasteiger partial charge in [-0.3, -0.25) is 4.79 Å². The van der Waals surface area contributed by atoms with Crippen LogP contribution in [-0.2, 0) is 17.8 Å². The smallest absolute Gasteiger partial charge is 0.220 e. The Kier molecular flexibility index (Phi) is 4.71. The molecule has 0 radical (unpaired) electrons. The zero-order valence-corrected chi connectivity index (χ0v) is 12.9. The van der Waals surface area contributed by atoms with E-state index in [2.05, 4.69) is 5.32 Å². The largest absolute Gasteiger partial charge is 0.461 e. The summed E-state index contributed by atoms with van der Waals surface area (Å²) in [6, 6.07) is 17.9. The molecular weight excluding hydrogens is 294 g/mol. The van der Waals surface area contributed by atoms with Crippen LogP contribution in [0.25, 0.3) is 11.3 Å². The van der Waals surface area contributed by atoms with Crippen molar-refractivity contribution in [3.63, 3.8) is 0 Å². The van der Waals surface area contributed by atoms with Crippen molar-refractivity contribution in [2.75, 3.05) is 0 Å². The molecule has 112 valence electrons. The second-order valence-corrected chi connectivity index (χ2v) is 6.02. The summed E-state index contributed by atoms with van der Waals surface area (Å²) in [6.07, 6.45) is 1.05. The maximum atomic E-state index is 11.8. The fourth-order valence-corrected chi connectivity index (χ4v) is 2.84. The molecule has 3 nitrogen and oxygen atoms in total. The lowest BCUT2D eigenvalue weighted by atomic mass is 10.2. The molecule has 0 aliphatic heterocycles. The molecule has 2 heterocycles. The number of carbonyl (C=O) groups is 1. The van der Waals surface area contributed by atoms with E-state index in [1.54, 1.807) is 11.3 Å². The van der Waals surface area contributed by atoms with Crippen LogP contribution in [0.1, 0.15) is 17.1 Å². The number of hydrogen-bond acceptors (Lipinski definition) is 3. The lowest BCUT2D eigenvalue weighted by molar-refractivity contribution is -0.121. The molecule has 0 atom stereocenters. The molecule has 0 bridgehead atoms. The summed E-state index contributed by atoms with van der Waals surface area (Å²) >= 11 is 1.65. The Morgan fingerprint density at radius 3 is 2.68 bits per heavy atom. The molecular formula is C18H17NO2S. The number of aryl methyl sites for hydroxylation is 1. The van der Waals surface area contributed by atoms with E-state index in [9.17, 15) is 4.79 Å². The number of nitrogens with one attached hydrogen (secondary N) is 1. The van der Waals surface area contributed by atoms with Crippen molar-refractivity contribution < 1.29 is 9.21 Å². The van der Waals surface area contributed by atoms with E-state index in [-0.39, 0.29) is 5.91 Å². The highest BCUT2D eigenvalue weighted by molar-refractivity contribution is 7.09. The van der Waals surface area contributed by atoms with E-state index >= 15 is 0 Å². The minimum absolute atomic E-state index is 0.0473. The number of hydrogen-bond donors (Lipinski definition) is 1. The highest BCUT2D eigenvalue weighted by Crippen LogP contribution is 2.22. The molecule has 0 unspecified atom stereocenters. The molecule has 3 aromatic rings. The molecule has 1 amide bonds. The molecule has 1 aromatic carbocycles. The second kappa shape index (κ2) is 7.09. The first-order chi connectivity index (χ1) is 10.8. The molecule has 0 saturated heterocycles. The Balaban J connectivity index is 1.49. The molecule has 4 heteroatoms. The zero-order valence-electron chi connectivity index (χ0n) is 12.1. The quantitative estimate of drug-likeness (QED) is 0.739. The van der Waals surface area contributed by atoms with Crippen LogP contribution in [0.15, 0.2) is 64.4 Å². The fraction of sp³-hybridized carbons (Fsp3) is 0.167. The van der Waals surface area contributed by atoms with Crippen molar-refractivity contribution in [1.82, 2.24) is 5.32 Å². The molecule has 0 spiro atoms. The fourth-order valence-electron chi connectivity index (χ4n) is 2.19. The van der Waals surface area contributed by atoms with Crippen molar-refractivity contribution >= 4 is 17.2 Å². The number of amides is 1. The van der Waals surface area contributed by atoms with Crippen LogP contribution in [-0.4, -0.2) is 5.91 Å². The van der Waals surface area contributed by atoms with Gasteiger partial charge < -0.3 is 9.73 Å². The summed E-state index contributed by atoms with van der Waals surface area (Å²) in [7, 11) is 0. The van der Waals surface area contributed by atoms with Gasteiger partial charge in [0, 0.05) is 23.3 Å². The topological polar surface area (TPSA) is 42.2 Å². The lowest BCUT2D eigenvalue weighted by Crippen LogP contribution is -2.22. The second-order valence-electron chi connectivity index (χ2n) is 4.99. The van der Waals surface area contributed by atoms with Gasteiger partial charge >= 0.3 is 0 Å². The van der Waals surface area contributed by atoms with Crippen LogP contribution in [0.4, 0.5) is 0 Å². The van der Waals surface area contributed by atoms with E-state index in [4.69, 9.17) is 4.42 Å². The van der Waals surface area contributed by atoms with Gasteiger partial charge in [0.1, 0.15) is 11.5 Å². The summed E-state index contributed by atoms with van der Waals surface area (Å²) in [5.41, 5.74) is 1.05. The Labute approximate surface area is 133 Å². The first-order valence-corrected chi connectivity index (χ1v) is 8.12.